The quantitative estimate of drug-likeness (QED) is 0.711. The van der Waals surface area contributed by atoms with E-state index in [4.69, 9.17) is 9.47 Å². The van der Waals surface area contributed by atoms with Crippen molar-refractivity contribution in [2.24, 2.45) is 0 Å². The van der Waals surface area contributed by atoms with Gasteiger partial charge in [-0.05, 0) is 19.5 Å². The van der Waals surface area contributed by atoms with Crippen molar-refractivity contribution in [1.82, 2.24) is 10.3 Å². The van der Waals surface area contributed by atoms with Crippen molar-refractivity contribution in [3.05, 3.63) is 23.5 Å². The van der Waals surface area contributed by atoms with Crippen LogP contribution < -0.4 is 10.6 Å². The van der Waals surface area contributed by atoms with Crippen LogP contribution >= 0.6 is 0 Å². The van der Waals surface area contributed by atoms with Crippen LogP contribution in [0.2, 0.25) is 0 Å². The van der Waals surface area contributed by atoms with Crippen molar-refractivity contribution in [3.8, 4) is 0 Å². The Morgan fingerprint density at radius 3 is 2.79 bits per heavy atom. The first-order valence-corrected chi connectivity index (χ1v) is 6.63. The average molecular weight is 267 g/mol. The Labute approximate surface area is 115 Å². The topological polar surface area (TPSA) is 55.4 Å². The van der Waals surface area contributed by atoms with Gasteiger partial charge in [-0.1, -0.05) is 6.92 Å². The van der Waals surface area contributed by atoms with Crippen LogP contribution in [0.25, 0.3) is 0 Å². The molecule has 19 heavy (non-hydrogen) atoms. The van der Waals surface area contributed by atoms with Crippen LogP contribution in [0, 0.1) is 6.92 Å². The Hall–Kier alpha value is -1.17. The van der Waals surface area contributed by atoms with Gasteiger partial charge in [0.15, 0.2) is 0 Å². The van der Waals surface area contributed by atoms with Crippen LogP contribution in [0.5, 0.6) is 0 Å². The molecule has 1 heterocycles. The van der Waals surface area contributed by atoms with E-state index in [0.717, 1.165) is 24.5 Å². The zero-order valence-electron chi connectivity index (χ0n) is 12.3. The lowest BCUT2D eigenvalue weighted by atomic mass is 10.2. The predicted molar refractivity (Wildman–Crippen MR) is 77.5 cm³/mol. The molecule has 2 N–H and O–H groups in total. The second-order valence-corrected chi connectivity index (χ2v) is 4.46. The lowest BCUT2D eigenvalue weighted by molar-refractivity contribution is 0.0365. The van der Waals surface area contributed by atoms with E-state index in [1.54, 1.807) is 14.2 Å². The number of pyridine rings is 1. The molecule has 0 amide bonds. The number of nitrogens with zero attached hydrogens (tertiary/aromatic N) is 1. The fourth-order valence-electron chi connectivity index (χ4n) is 1.77. The number of aryl methyl sites for hydroxylation is 1. The standard InChI is InChI=1S/C14H25N3O2/c1-5-15-7-12-8-16-11(2)6-14(12)17-9-13(19-4)10-18-3/h6,8,13,15H,5,7,9-10H2,1-4H3,(H,16,17). The van der Waals surface area contributed by atoms with Crippen molar-refractivity contribution in [2.75, 3.05) is 39.2 Å². The Bertz CT molecular complexity index is 372. The van der Waals surface area contributed by atoms with Crippen molar-refractivity contribution in [2.45, 2.75) is 26.5 Å². The van der Waals surface area contributed by atoms with Gasteiger partial charge < -0.3 is 20.1 Å². The van der Waals surface area contributed by atoms with E-state index in [1.807, 2.05) is 13.1 Å². The third-order valence-corrected chi connectivity index (χ3v) is 2.89. The average Bonchev–Trinajstić information content (AvgIpc) is 2.42. The Kier molecular flexibility index (Phi) is 7.40. The summed E-state index contributed by atoms with van der Waals surface area (Å²) >= 11 is 0. The summed E-state index contributed by atoms with van der Waals surface area (Å²) < 4.78 is 10.5. The first-order chi connectivity index (χ1) is 9.21. The van der Waals surface area contributed by atoms with Crippen LogP contribution in [0.1, 0.15) is 18.2 Å². The highest BCUT2D eigenvalue weighted by Gasteiger charge is 2.09. The largest absolute Gasteiger partial charge is 0.382 e. The lowest BCUT2D eigenvalue weighted by Crippen LogP contribution is -2.27. The molecule has 5 heteroatoms. The number of hydrogen-bond donors (Lipinski definition) is 2. The molecular formula is C14H25N3O2. The van der Waals surface area contributed by atoms with E-state index in [2.05, 4.69) is 28.6 Å². The molecule has 0 spiro atoms. The summed E-state index contributed by atoms with van der Waals surface area (Å²) in [6.07, 6.45) is 1.96. The number of hydrogen-bond acceptors (Lipinski definition) is 5. The number of methoxy groups -OCH3 is 2. The zero-order chi connectivity index (χ0) is 14.1. The second kappa shape index (κ2) is 8.85. The van der Waals surface area contributed by atoms with Gasteiger partial charge in [0, 0.05) is 50.5 Å². The van der Waals surface area contributed by atoms with E-state index in [0.29, 0.717) is 13.2 Å². The molecule has 0 saturated heterocycles. The molecular weight excluding hydrogens is 242 g/mol. The number of rotatable bonds is 9. The Balaban J connectivity index is 2.66. The van der Waals surface area contributed by atoms with Gasteiger partial charge in [0.2, 0.25) is 0 Å². The smallest absolute Gasteiger partial charge is 0.0976 e. The molecule has 1 atom stereocenters. The van der Waals surface area contributed by atoms with E-state index in [9.17, 15) is 0 Å². The maximum absolute atomic E-state index is 5.34. The minimum Gasteiger partial charge on any atom is -0.382 e. The first kappa shape index (κ1) is 15.9. The van der Waals surface area contributed by atoms with Crippen molar-refractivity contribution in [1.29, 1.82) is 0 Å². The highest BCUT2D eigenvalue weighted by atomic mass is 16.5. The molecule has 0 bridgehead atoms. The van der Waals surface area contributed by atoms with E-state index in [-0.39, 0.29) is 6.10 Å². The maximum Gasteiger partial charge on any atom is 0.0976 e. The minimum absolute atomic E-state index is 0.0467. The molecule has 0 aromatic carbocycles. The van der Waals surface area contributed by atoms with E-state index < -0.39 is 0 Å². The highest BCUT2D eigenvalue weighted by Crippen LogP contribution is 2.15. The molecule has 1 unspecified atom stereocenters. The molecule has 1 aromatic rings. The van der Waals surface area contributed by atoms with Gasteiger partial charge in [0.25, 0.3) is 0 Å². The molecule has 0 saturated carbocycles. The summed E-state index contributed by atoms with van der Waals surface area (Å²) in [5.41, 5.74) is 3.27. The summed E-state index contributed by atoms with van der Waals surface area (Å²) in [7, 11) is 3.38. The second-order valence-electron chi connectivity index (χ2n) is 4.46. The monoisotopic (exact) mass is 267 g/mol. The third kappa shape index (κ3) is 5.55. The summed E-state index contributed by atoms with van der Waals surface area (Å²) in [5.74, 6) is 0. The Morgan fingerprint density at radius 2 is 2.16 bits per heavy atom. The number of nitrogens with one attached hydrogen (secondary N) is 2. The fraction of sp³-hybridized carbons (Fsp3) is 0.643. The van der Waals surface area contributed by atoms with Crippen LogP contribution in [0.15, 0.2) is 12.3 Å². The van der Waals surface area contributed by atoms with E-state index in [1.165, 1.54) is 5.56 Å². The molecule has 0 radical (unpaired) electrons. The zero-order valence-corrected chi connectivity index (χ0v) is 12.3. The molecule has 0 fully saturated rings. The number of aromatic nitrogens is 1. The summed E-state index contributed by atoms with van der Waals surface area (Å²) in [6, 6.07) is 2.06. The van der Waals surface area contributed by atoms with Crippen molar-refractivity contribution in [3.63, 3.8) is 0 Å². The SMILES string of the molecule is CCNCc1cnc(C)cc1NCC(COC)OC. The van der Waals surface area contributed by atoms with Gasteiger partial charge in [-0.3, -0.25) is 4.98 Å². The molecule has 1 rings (SSSR count). The molecule has 0 aliphatic rings. The molecule has 0 aliphatic carbocycles. The molecule has 108 valence electrons. The van der Waals surface area contributed by atoms with Crippen molar-refractivity contribution >= 4 is 5.69 Å². The first-order valence-electron chi connectivity index (χ1n) is 6.63. The summed E-state index contributed by atoms with van der Waals surface area (Å²) in [6.45, 7) is 7.13. The third-order valence-electron chi connectivity index (χ3n) is 2.89. The minimum atomic E-state index is 0.0467. The van der Waals surface area contributed by atoms with Gasteiger partial charge >= 0.3 is 0 Å². The van der Waals surface area contributed by atoms with Gasteiger partial charge in [0.05, 0.1) is 12.7 Å². The predicted octanol–water partition coefficient (Wildman–Crippen LogP) is 1.57. The number of anilines is 1. The molecule has 0 aliphatic heterocycles. The number of ether oxygens (including phenoxy) is 2. The van der Waals surface area contributed by atoms with Gasteiger partial charge in [-0.2, -0.15) is 0 Å². The molecule has 5 nitrogen and oxygen atoms in total. The van der Waals surface area contributed by atoms with Crippen LogP contribution in [0.4, 0.5) is 5.69 Å². The lowest BCUT2D eigenvalue weighted by Gasteiger charge is -2.18. The summed E-state index contributed by atoms with van der Waals surface area (Å²) in [5, 5.41) is 6.73. The van der Waals surface area contributed by atoms with Gasteiger partial charge in [-0.15, -0.1) is 0 Å². The van der Waals surface area contributed by atoms with Crippen LogP contribution in [0.3, 0.4) is 0 Å². The Morgan fingerprint density at radius 1 is 1.37 bits per heavy atom. The van der Waals surface area contributed by atoms with Gasteiger partial charge in [0.1, 0.15) is 0 Å². The summed E-state index contributed by atoms with van der Waals surface area (Å²) in [4.78, 5) is 4.34. The fourth-order valence-corrected chi connectivity index (χ4v) is 1.77. The maximum atomic E-state index is 5.34. The van der Waals surface area contributed by atoms with Crippen molar-refractivity contribution < 1.29 is 9.47 Å². The normalized spacial score (nSPS) is 12.4. The van der Waals surface area contributed by atoms with E-state index >= 15 is 0 Å². The van der Waals surface area contributed by atoms with Gasteiger partial charge in [-0.25, -0.2) is 0 Å². The molecule has 1 aromatic heterocycles. The highest BCUT2D eigenvalue weighted by molar-refractivity contribution is 5.51. The van der Waals surface area contributed by atoms with Crippen LogP contribution in [-0.4, -0.2) is 45.0 Å². The van der Waals surface area contributed by atoms with Crippen LogP contribution in [-0.2, 0) is 16.0 Å².